The van der Waals surface area contributed by atoms with E-state index in [-0.39, 0.29) is 12.5 Å². The third-order valence-electron chi connectivity index (χ3n) is 4.03. The van der Waals surface area contributed by atoms with Crippen LogP contribution in [-0.4, -0.2) is 30.8 Å². The first kappa shape index (κ1) is 21.8. The summed E-state index contributed by atoms with van der Waals surface area (Å²) in [5, 5.41) is 5.81. The SMILES string of the molecule is CCOC(=O)COc1c(I)cc(/C=C2/C(=O)N(c3ccccc3)N=C2C)cc1I. The van der Waals surface area contributed by atoms with Gasteiger partial charge in [-0.2, -0.15) is 10.1 Å². The van der Waals surface area contributed by atoms with E-state index >= 15 is 0 Å². The molecule has 150 valence electrons. The van der Waals surface area contributed by atoms with E-state index in [0.29, 0.717) is 23.6 Å². The first-order chi connectivity index (χ1) is 13.9. The third kappa shape index (κ3) is 5.16. The van der Waals surface area contributed by atoms with E-state index in [1.807, 2.05) is 55.5 Å². The molecule has 0 saturated heterocycles. The second-order valence-electron chi connectivity index (χ2n) is 6.10. The van der Waals surface area contributed by atoms with Gasteiger partial charge in [0.05, 0.1) is 30.7 Å². The van der Waals surface area contributed by atoms with E-state index < -0.39 is 5.97 Å². The average molecular weight is 616 g/mol. The fraction of sp³-hybridized carbons (Fsp3) is 0.190. The van der Waals surface area contributed by atoms with E-state index in [9.17, 15) is 9.59 Å². The minimum absolute atomic E-state index is 0.142. The molecule has 0 fully saturated rings. The topological polar surface area (TPSA) is 68.2 Å². The Labute approximate surface area is 196 Å². The van der Waals surface area contributed by atoms with Crippen molar-refractivity contribution in [3.63, 3.8) is 0 Å². The lowest BCUT2D eigenvalue weighted by Gasteiger charge is -2.12. The van der Waals surface area contributed by atoms with Crippen molar-refractivity contribution in [1.82, 2.24) is 0 Å². The highest BCUT2D eigenvalue weighted by molar-refractivity contribution is 14.1. The van der Waals surface area contributed by atoms with Gasteiger partial charge in [-0.25, -0.2) is 4.79 Å². The summed E-state index contributed by atoms with van der Waals surface area (Å²) in [7, 11) is 0. The summed E-state index contributed by atoms with van der Waals surface area (Å²) in [6, 6.07) is 13.1. The molecule has 1 aliphatic heterocycles. The zero-order valence-electron chi connectivity index (χ0n) is 15.8. The van der Waals surface area contributed by atoms with Crippen LogP contribution in [0.15, 0.2) is 53.1 Å². The van der Waals surface area contributed by atoms with Crippen molar-refractivity contribution in [3.05, 3.63) is 60.7 Å². The number of halogens is 2. The van der Waals surface area contributed by atoms with Gasteiger partial charge in [0.25, 0.3) is 5.91 Å². The first-order valence-electron chi connectivity index (χ1n) is 8.85. The Morgan fingerprint density at radius 2 is 1.83 bits per heavy atom. The molecular formula is C21H18I2N2O4. The van der Waals surface area contributed by atoms with Crippen LogP contribution in [0.4, 0.5) is 5.69 Å². The summed E-state index contributed by atoms with van der Waals surface area (Å²) < 4.78 is 12.2. The number of amides is 1. The van der Waals surface area contributed by atoms with Gasteiger partial charge in [-0.3, -0.25) is 4.79 Å². The second kappa shape index (κ2) is 9.70. The molecule has 8 heteroatoms. The van der Waals surface area contributed by atoms with Gasteiger partial charge in [-0.15, -0.1) is 0 Å². The Bertz CT molecular complexity index is 980. The highest BCUT2D eigenvalue weighted by Gasteiger charge is 2.28. The lowest BCUT2D eigenvalue weighted by molar-refractivity contribution is -0.145. The number of esters is 1. The van der Waals surface area contributed by atoms with Gasteiger partial charge in [0.15, 0.2) is 6.61 Å². The van der Waals surface area contributed by atoms with E-state index in [4.69, 9.17) is 9.47 Å². The summed E-state index contributed by atoms with van der Waals surface area (Å²) in [5.41, 5.74) is 2.79. The lowest BCUT2D eigenvalue weighted by Crippen LogP contribution is -2.21. The van der Waals surface area contributed by atoms with Gasteiger partial charge in [0.2, 0.25) is 0 Å². The zero-order chi connectivity index (χ0) is 21.0. The molecule has 0 bridgehead atoms. The smallest absolute Gasteiger partial charge is 0.344 e. The van der Waals surface area contributed by atoms with E-state index in [0.717, 1.165) is 18.4 Å². The Kier molecular flexibility index (Phi) is 7.28. The molecule has 2 aromatic rings. The van der Waals surface area contributed by atoms with Crippen LogP contribution >= 0.6 is 45.2 Å². The fourth-order valence-electron chi connectivity index (χ4n) is 2.73. The second-order valence-corrected chi connectivity index (χ2v) is 8.43. The van der Waals surface area contributed by atoms with Crippen LogP contribution in [0.25, 0.3) is 6.08 Å². The van der Waals surface area contributed by atoms with Crippen LogP contribution in [0.2, 0.25) is 0 Å². The number of benzene rings is 2. The molecule has 0 N–H and O–H groups in total. The largest absolute Gasteiger partial charge is 0.480 e. The summed E-state index contributed by atoms with van der Waals surface area (Å²) in [6.07, 6.45) is 1.82. The third-order valence-corrected chi connectivity index (χ3v) is 5.64. The minimum Gasteiger partial charge on any atom is -0.480 e. The summed E-state index contributed by atoms with van der Waals surface area (Å²) in [4.78, 5) is 24.4. The molecule has 1 heterocycles. The Hall–Kier alpha value is -1.95. The van der Waals surface area contributed by atoms with E-state index in [2.05, 4.69) is 50.3 Å². The van der Waals surface area contributed by atoms with Crippen molar-refractivity contribution in [2.45, 2.75) is 13.8 Å². The number of para-hydroxylation sites is 1. The van der Waals surface area contributed by atoms with Gasteiger partial charge in [-0.1, -0.05) is 18.2 Å². The average Bonchev–Trinajstić information content (AvgIpc) is 2.96. The molecule has 0 aliphatic carbocycles. The van der Waals surface area contributed by atoms with Gasteiger partial charge in [0.1, 0.15) is 5.75 Å². The van der Waals surface area contributed by atoms with Crippen molar-refractivity contribution < 1.29 is 19.1 Å². The Morgan fingerprint density at radius 1 is 1.17 bits per heavy atom. The molecule has 0 saturated carbocycles. The van der Waals surface area contributed by atoms with Gasteiger partial charge in [0, 0.05) is 0 Å². The monoisotopic (exact) mass is 616 g/mol. The molecule has 2 aromatic carbocycles. The van der Waals surface area contributed by atoms with Crippen molar-refractivity contribution >= 4 is 74.5 Å². The molecule has 0 unspecified atom stereocenters. The maximum atomic E-state index is 12.9. The van der Waals surface area contributed by atoms with Crippen molar-refractivity contribution in [2.24, 2.45) is 5.10 Å². The number of hydrazone groups is 1. The lowest BCUT2D eigenvalue weighted by atomic mass is 10.1. The van der Waals surface area contributed by atoms with E-state index in [1.54, 1.807) is 6.92 Å². The zero-order valence-corrected chi connectivity index (χ0v) is 20.1. The van der Waals surface area contributed by atoms with Crippen molar-refractivity contribution in [3.8, 4) is 5.75 Å². The maximum absolute atomic E-state index is 12.9. The molecule has 0 atom stereocenters. The van der Waals surface area contributed by atoms with Crippen LogP contribution in [0.3, 0.4) is 0 Å². The van der Waals surface area contributed by atoms with Gasteiger partial charge < -0.3 is 9.47 Å². The first-order valence-corrected chi connectivity index (χ1v) is 11.0. The fourth-order valence-corrected chi connectivity index (χ4v) is 4.86. The summed E-state index contributed by atoms with van der Waals surface area (Å²) in [6.45, 7) is 3.75. The number of carbonyl (C=O) groups excluding carboxylic acids is 2. The molecule has 29 heavy (non-hydrogen) atoms. The molecule has 6 nitrogen and oxygen atoms in total. The molecule has 3 rings (SSSR count). The van der Waals surface area contributed by atoms with Crippen molar-refractivity contribution in [2.75, 3.05) is 18.2 Å². The van der Waals surface area contributed by atoms with Crippen LogP contribution in [0, 0.1) is 7.14 Å². The van der Waals surface area contributed by atoms with Gasteiger partial charge in [-0.05, 0) is 94.9 Å². The highest BCUT2D eigenvalue weighted by atomic mass is 127. The number of hydrogen-bond acceptors (Lipinski definition) is 5. The minimum atomic E-state index is -0.408. The Morgan fingerprint density at radius 3 is 2.45 bits per heavy atom. The molecule has 1 amide bonds. The van der Waals surface area contributed by atoms with Crippen LogP contribution in [-0.2, 0) is 14.3 Å². The molecule has 0 aromatic heterocycles. The van der Waals surface area contributed by atoms with Crippen LogP contribution in [0.5, 0.6) is 5.75 Å². The van der Waals surface area contributed by atoms with Crippen LogP contribution in [0.1, 0.15) is 19.4 Å². The summed E-state index contributed by atoms with van der Waals surface area (Å²) >= 11 is 4.31. The maximum Gasteiger partial charge on any atom is 0.344 e. The molecule has 0 spiro atoms. The Balaban J connectivity index is 1.83. The molecular weight excluding hydrogens is 598 g/mol. The van der Waals surface area contributed by atoms with E-state index in [1.165, 1.54) is 5.01 Å². The number of hydrogen-bond donors (Lipinski definition) is 0. The predicted octanol–water partition coefficient (Wildman–Crippen LogP) is 4.64. The number of nitrogens with zero attached hydrogens (tertiary/aromatic N) is 2. The quantitative estimate of drug-likeness (QED) is 0.270. The van der Waals surface area contributed by atoms with Crippen LogP contribution < -0.4 is 9.75 Å². The standard InChI is InChI=1S/C21H18I2N2O4/c1-3-28-19(26)12-29-20-17(22)10-14(11-18(20)23)9-16-13(2)24-25(21(16)27)15-7-5-4-6-8-15/h4-11H,3,12H2,1-2H3/b16-9+. The summed E-state index contributed by atoms with van der Waals surface area (Å²) in [5.74, 6) is 0.0477. The highest BCUT2D eigenvalue weighted by Crippen LogP contribution is 2.31. The number of ether oxygens (including phenoxy) is 2. The van der Waals surface area contributed by atoms with Gasteiger partial charge >= 0.3 is 5.97 Å². The van der Waals surface area contributed by atoms with Crippen molar-refractivity contribution in [1.29, 1.82) is 0 Å². The normalized spacial score (nSPS) is 14.9. The number of anilines is 1. The molecule has 1 aliphatic rings. The predicted molar refractivity (Wildman–Crippen MR) is 129 cm³/mol. The number of rotatable bonds is 6. The number of carbonyl (C=O) groups is 2. The molecule has 0 radical (unpaired) electrons.